The Balaban J connectivity index is 2.06. The molecule has 1 aromatic rings. The molecule has 1 aliphatic rings. The van der Waals surface area contributed by atoms with Crippen LogP contribution in [0.15, 0.2) is 30.3 Å². The standard InChI is InChI=1S/C22H34N4O4/c1-23-12-6-11-18(22(30)26-13-7-10-17(26)15-27)25-21(29)20(24-2)19(28)14-16-8-4-3-5-9-16/h3-5,8-9,15,17-20,23-24,28H,6-7,10-14H2,1-2H3,(H,25,29)/t17?,18?,19-,20?/m1/s1. The summed E-state index contributed by atoms with van der Waals surface area (Å²) in [6.45, 7) is 1.23. The molecule has 8 nitrogen and oxygen atoms in total. The van der Waals surface area contributed by atoms with Gasteiger partial charge in [0.15, 0.2) is 0 Å². The lowest BCUT2D eigenvalue weighted by molar-refractivity contribution is -0.139. The number of hydrogen-bond donors (Lipinski definition) is 4. The van der Waals surface area contributed by atoms with Crippen molar-refractivity contribution in [3.8, 4) is 0 Å². The molecular weight excluding hydrogens is 384 g/mol. The molecule has 0 saturated carbocycles. The van der Waals surface area contributed by atoms with E-state index in [2.05, 4.69) is 16.0 Å². The number of aliphatic hydroxyl groups is 1. The fourth-order valence-corrected chi connectivity index (χ4v) is 3.88. The molecule has 4 atom stereocenters. The molecule has 0 bridgehead atoms. The van der Waals surface area contributed by atoms with E-state index in [4.69, 9.17) is 0 Å². The van der Waals surface area contributed by atoms with Gasteiger partial charge in [-0.15, -0.1) is 0 Å². The SMILES string of the molecule is CNCCCC(NC(=O)C(NC)[C@H](O)Cc1ccccc1)C(=O)N1CCCC1C=O. The molecule has 1 aliphatic heterocycles. The van der Waals surface area contributed by atoms with Gasteiger partial charge in [-0.05, 0) is 51.9 Å². The van der Waals surface area contributed by atoms with Crippen molar-refractivity contribution in [3.63, 3.8) is 0 Å². The number of aldehydes is 1. The van der Waals surface area contributed by atoms with Crippen molar-refractivity contribution in [2.45, 2.75) is 56.3 Å². The molecule has 2 amide bonds. The summed E-state index contributed by atoms with van der Waals surface area (Å²) < 4.78 is 0. The van der Waals surface area contributed by atoms with Crippen molar-refractivity contribution >= 4 is 18.1 Å². The highest BCUT2D eigenvalue weighted by Gasteiger charge is 2.35. The van der Waals surface area contributed by atoms with Crippen molar-refractivity contribution in [2.75, 3.05) is 27.2 Å². The second kappa shape index (κ2) is 12.4. The second-order valence-electron chi connectivity index (χ2n) is 7.71. The van der Waals surface area contributed by atoms with Gasteiger partial charge in [-0.2, -0.15) is 0 Å². The lowest BCUT2D eigenvalue weighted by Crippen LogP contribution is -2.57. The fraction of sp³-hybridized carbons (Fsp3) is 0.591. The van der Waals surface area contributed by atoms with Crippen molar-refractivity contribution in [1.29, 1.82) is 0 Å². The molecule has 1 heterocycles. The lowest BCUT2D eigenvalue weighted by Gasteiger charge is -2.29. The Morgan fingerprint density at radius 1 is 1.27 bits per heavy atom. The minimum Gasteiger partial charge on any atom is -0.391 e. The van der Waals surface area contributed by atoms with Gasteiger partial charge in [0.1, 0.15) is 18.4 Å². The van der Waals surface area contributed by atoms with E-state index >= 15 is 0 Å². The van der Waals surface area contributed by atoms with Gasteiger partial charge in [-0.1, -0.05) is 30.3 Å². The summed E-state index contributed by atoms with van der Waals surface area (Å²) in [5.41, 5.74) is 0.922. The minimum atomic E-state index is -0.944. The van der Waals surface area contributed by atoms with Crippen molar-refractivity contribution < 1.29 is 19.5 Å². The Labute approximate surface area is 178 Å². The first-order valence-electron chi connectivity index (χ1n) is 10.6. The Bertz CT molecular complexity index is 685. The molecule has 1 saturated heterocycles. The van der Waals surface area contributed by atoms with E-state index in [0.717, 1.165) is 18.3 Å². The Hall–Kier alpha value is -2.29. The minimum absolute atomic E-state index is 0.235. The zero-order valence-corrected chi connectivity index (χ0v) is 17.8. The van der Waals surface area contributed by atoms with E-state index in [1.54, 1.807) is 11.9 Å². The van der Waals surface area contributed by atoms with E-state index in [9.17, 15) is 19.5 Å². The number of benzene rings is 1. The summed E-state index contributed by atoms with van der Waals surface area (Å²) in [4.78, 5) is 38.9. The largest absolute Gasteiger partial charge is 0.391 e. The van der Waals surface area contributed by atoms with Gasteiger partial charge in [0, 0.05) is 13.0 Å². The third kappa shape index (κ3) is 6.62. The summed E-state index contributed by atoms with van der Waals surface area (Å²) in [6.07, 6.45) is 2.76. The van der Waals surface area contributed by atoms with Crippen LogP contribution < -0.4 is 16.0 Å². The van der Waals surface area contributed by atoms with Crippen LogP contribution in [0.25, 0.3) is 0 Å². The maximum absolute atomic E-state index is 13.1. The van der Waals surface area contributed by atoms with Gasteiger partial charge in [-0.25, -0.2) is 0 Å². The molecule has 2 rings (SSSR count). The Morgan fingerprint density at radius 2 is 2.00 bits per heavy atom. The van der Waals surface area contributed by atoms with E-state index in [1.807, 2.05) is 37.4 Å². The van der Waals surface area contributed by atoms with Gasteiger partial charge in [0.05, 0.1) is 12.1 Å². The molecule has 8 heteroatoms. The quantitative estimate of drug-likeness (QED) is 0.278. The van der Waals surface area contributed by atoms with Gasteiger partial charge in [-0.3, -0.25) is 9.59 Å². The number of carbonyl (C=O) groups excluding carboxylic acids is 3. The van der Waals surface area contributed by atoms with Crippen LogP contribution in [0.5, 0.6) is 0 Å². The van der Waals surface area contributed by atoms with Gasteiger partial charge < -0.3 is 30.8 Å². The van der Waals surface area contributed by atoms with Crippen LogP contribution in [-0.2, 0) is 20.8 Å². The molecule has 4 N–H and O–H groups in total. The number of hydrogen-bond acceptors (Lipinski definition) is 6. The highest BCUT2D eigenvalue weighted by Crippen LogP contribution is 2.18. The van der Waals surface area contributed by atoms with Crippen LogP contribution in [0.1, 0.15) is 31.2 Å². The first-order chi connectivity index (χ1) is 14.5. The normalized spacial score (nSPS) is 19.2. The highest BCUT2D eigenvalue weighted by molar-refractivity contribution is 5.91. The average Bonchev–Trinajstić information content (AvgIpc) is 3.22. The molecule has 0 spiro atoms. The van der Waals surface area contributed by atoms with Gasteiger partial charge in [0.2, 0.25) is 11.8 Å². The predicted molar refractivity (Wildman–Crippen MR) is 115 cm³/mol. The number of amides is 2. The molecule has 30 heavy (non-hydrogen) atoms. The molecule has 1 aromatic carbocycles. The van der Waals surface area contributed by atoms with E-state index < -0.39 is 30.1 Å². The first-order valence-corrected chi connectivity index (χ1v) is 10.6. The number of rotatable bonds is 12. The number of likely N-dealkylation sites (N-methyl/N-ethyl adjacent to an activating group) is 1. The van der Waals surface area contributed by atoms with Gasteiger partial charge in [0.25, 0.3) is 0 Å². The van der Waals surface area contributed by atoms with Crippen LogP contribution in [0.2, 0.25) is 0 Å². The first kappa shape index (κ1) is 24.0. The third-order valence-corrected chi connectivity index (χ3v) is 5.54. The summed E-state index contributed by atoms with van der Waals surface area (Å²) in [5, 5.41) is 19.3. The highest BCUT2D eigenvalue weighted by atomic mass is 16.3. The van der Waals surface area contributed by atoms with Crippen LogP contribution >= 0.6 is 0 Å². The monoisotopic (exact) mass is 418 g/mol. The summed E-state index contributed by atoms with van der Waals surface area (Å²) >= 11 is 0. The average molecular weight is 419 g/mol. The van der Waals surface area contributed by atoms with Crippen LogP contribution in [0, 0.1) is 0 Å². The number of nitrogens with one attached hydrogen (secondary N) is 3. The third-order valence-electron chi connectivity index (χ3n) is 5.54. The maximum atomic E-state index is 13.1. The number of carbonyl (C=O) groups is 3. The van der Waals surface area contributed by atoms with E-state index in [0.29, 0.717) is 38.8 Å². The van der Waals surface area contributed by atoms with Gasteiger partial charge >= 0.3 is 0 Å². The van der Waals surface area contributed by atoms with Crippen molar-refractivity contribution in [3.05, 3.63) is 35.9 Å². The molecule has 1 fully saturated rings. The number of nitrogens with zero attached hydrogens (tertiary/aromatic N) is 1. The molecule has 0 radical (unpaired) electrons. The van der Waals surface area contributed by atoms with E-state index in [-0.39, 0.29) is 5.91 Å². The summed E-state index contributed by atoms with van der Waals surface area (Å²) in [5.74, 6) is -0.660. The van der Waals surface area contributed by atoms with Crippen molar-refractivity contribution in [1.82, 2.24) is 20.9 Å². The molecular formula is C22H34N4O4. The topological polar surface area (TPSA) is 111 Å². The zero-order chi connectivity index (χ0) is 21.9. The second-order valence-corrected chi connectivity index (χ2v) is 7.71. The molecule has 166 valence electrons. The maximum Gasteiger partial charge on any atom is 0.245 e. The summed E-state index contributed by atoms with van der Waals surface area (Å²) in [7, 11) is 3.44. The smallest absolute Gasteiger partial charge is 0.245 e. The van der Waals surface area contributed by atoms with Crippen LogP contribution in [0.4, 0.5) is 0 Å². The molecule has 0 aliphatic carbocycles. The molecule has 3 unspecified atom stereocenters. The predicted octanol–water partition coefficient (Wildman–Crippen LogP) is -0.148. The summed E-state index contributed by atoms with van der Waals surface area (Å²) in [6, 6.07) is 7.43. The Kier molecular flexibility index (Phi) is 9.93. The lowest BCUT2D eigenvalue weighted by atomic mass is 10.0. The number of likely N-dealkylation sites (tertiary alicyclic amines) is 1. The van der Waals surface area contributed by atoms with Crippen LogP contribution in [-0.4, -0.2) is 79.5 Å². The zero-order valence-electron chi connectivity index (χ0n) is 17.8. The Morgan fingerprint density at radius 3 is 2.63 bits per heavy atom. The molecule has 0 aromatic heterocycles. The van der Waals surface area contributed by atoms with E-state index in [1.165, 1.54) is 0 Å². The fourth-order valence-electron chi connectivity index (χ4n) is 3.88. The van der Waals surface area contributed by atoms with Crippen LogP contribution in [0.3, 0.4) is 0 Å². The number of aliphatic hydroxyl groups excluding tert-OH is 1. The van der Waals surface area contributed by atoms with Crippen molar-refractivity contribution in [2.24, 2.45) is 0 Å².